The van der Waals surface area contributed by atoms with Crippen molar-refractivity contribution in [1.29, 1.82) is 0 Å². The summed E-state index contributed by atoms with van der Waals surface area (Å²) in [6.07, 6.45) is 21.3. The van der Waals surface area contributed by atoms with Crippen molar-refractivity contribution in [3.8, 4) is 0 Å². The minimum absolute atomic E-state index is 0.103. The van der Waals surface area contributed by atoms with E-state index in [1.165, 1.54) is 77.0 Å². The molecular weight excluding hydrogens is 511 g/mol. The fourth-order valence-corrected chi connectivity index (χ4v) is 5.64. The summed E-state index contributed by atoms with van der Waals surface area (Å²) in [5.41, 5.74) is 0. The standard InChI is InChI=1S/C27H55IO2Si/c1-9-12-14-16-18-20-23-25(28)26(30-31(7,8)27(4,5)6)29-24(21-11-3)22-19-17-15-13-10-2/h11,21,24-26H,9-10,12-20,22-23H2,1-8H3/b21-11-/t24?,25-,26-/m1/s1. The van der Waals surface area contributed by atoms with Gasteiger partial charge in [0, 0.05) is 0 Å². The average Bonchev–Trinajstić information content (AvgIpc) is 2.68. The van der Waals surface area contributed by atoms with E-state index in [1.54, 1.807) is 0 Å². The maximum Gasteiger partial charge on any atom is 0.195 e. The molecule has 0 saturated carbocycles. The molecule has 1 unspecified atom stereocenters. The molecule has 0 aromatic rings. The van der Waals surface area contributed by atoms with Gasteiger partial charge in [0.1, 0.15) is 0 Å². The molecule has 0 N–H and O–H groups in total. The fourth-order valence-electron chi connectivity index (χ4n) is 3.46. The third-order valence-electron chi connectivity index (χ3n) is 6.65. The summed E-state index contributed by atoms with van der Waals surface area (Å²) in [5, 5.41) is 0.196. The Kier molecular flexibility index (Phi) is 18.4. The van der Waals surface area contributed by atoms with Crippen LogP contribution in [0.25, 0.3) is 0 Å². The van der Waals surface area contributed by atoms with E-state index >= 15 is 0 Å². The molecule has 0 saturated heterocycles. The first-order chi connectivity index (χ1) is 14.6. The zero-order valence-corrected chi connectivity index (χ0v) is 25.4. The van der Waals surface area contributed by atoms with E-state index in [0.29, 0.717) is 3.92 Å². The van der Waals surface area contributed by atoms with Gasteiger partial charge < -0.3 is 9.16 Å². The lowest BCUT2D eigenvalue weighted by Crippen LogP contribution is -2.47. The second-order valence-corrected chi connectivity index (χ2v) is 17.1. The molecule has 0 radical (unpaired) electrons. The zero-order valence-electron chi connectivity index (χ0n) is 22.3. The van der Waals surface area contributed by atoms with Crippen molar-refractivity contribution >= 4 is 30.9 Å². The highest BCUT2D eigenvalue weighted by atomic mass is 127. The molecule has 0 aliphatic carbocycles. The van der Waals surface area contributed by atoms with Crippen LogP contribution in [0.2, 0.25) is 18.1 Å². The largest absolute Gasteiger partial charge is 0.391 e. The van der Waals surface area contributed by atoms with Gasteiger partial charge in [0.05, 0.1) is 10.0 Å². The Bertz CT molecular complexity index is 445. The Hall–Kier alpha value is 0.607. The number of hydrogen-bond donors (Lipinski definition) is 0. The smallest absolute Gasteiger partial charge is 0.195 e. The lowest BCUT2D eigenvalue weighted by Gasteiger charge is -2.41. The molecule has 0 bridgehead atoms. The molecule has 0 spiro atoms. The van der Waals surface area contributed by atoms with Crippen LogP contribution in [0.1, 0.15) is 125 Å². The second-order valence-electron chi connectivity index (χ2n) is 10.7. The zero-order chi connectivity index (χ0) is 23.8. The van der Waals surface area contributed by atoms with Crippen LogP contribution in [-0.2, 0) is 9.16 Å². The van der Waals surface area contributed by atoms with Crippen molar-refractivity contribution in [3.63, 3.8) is 0 Å². The van der Waals surface area contributed by atoms with Crippen molar-refractivity contribution in [2.45, 2.75) is 159 Å². The molecular formula is C27H55IO2Si. The molecule has 0 heterocycles. The topological polar surface area (TPSA) is 18.5 Å². The van der Waals surface area contributed by atoms with Gasteiger partial charge in [-0.05, 0) is 37.9 Å². The number of allylic oxidation sites excluding steroid dienone is 1. The van der Waals surface area contributed by atoms with Gasteiger partial charge in [0.25, 0.3) is 0 Å². The predicted molar refractivity (Wildman–Crippen MR) is 151 cm³/mol. The predicted octanol–water partition coefficient (Wildman–Crippen LogP) is 10.2. The minimum Gasteiger partial charge on any atom is -0.391 e. The first-order valence-corrected chi connectivity index (χ1v) is 17.3. The Morgan fingerprint density at radius 2 is 1.29 bits per heavy atom. The molecule has 31 heavy (non-hydrogen) atoms. The summed E-state index contributed by atoms with van der Waals surface area (Å²) in [6.45, 7) is 18.3. The monoisotopic (exact) mass is 566 g/mol. The van der Waals surface area contributed by atoms with E-state index in [4.69, 9.17) is 9.16 Å². The quantitative estimate of drug-likeness (QED) is 0.0387. The molecule has 2 nitrogen and oxygen atoms in total. The Morgan fingerprint density at radius 1 is 0.806 bits per heavy atom. The summed E-state index contributed by atoms with van der Waals surface area (Å²) in [6, 6.07) is 0. The molecule has 4 heteroatoms. The maximum atomic E-state index is 6.86. The van der Waals surface area contributed by atoms with Crippen LogP contribution in [0.15, 0.2) is 12.2 Å². The lowest BCUT2D eigenvalue weighted by atomic mass is 10.1. The molecule has 0 aromatic carbocycles. The van der Waals surface area contributed by atoms with Crippen molar-refractivity contribution in [3.05, 3.63) is 12.2 Å². The molecule has 3 atom stereocenters. The van der Waals surface area contributed by atoms with E-state index in [-0.39, 0.29) is 17.4 Å². The number of hydrogen-bond acceptors (Lipinski definition) is 2. The van der Waals surface area contributed by atoms with Crippen LogP contribution in [-0.4, -0.2) is 24.6 Å². The Labute approximate surface area is 211 Å². The van der Waals surface area contributed by atoms with Crippen LogP contribution in [0.3, 0.4) is 0 Å². The van der Waals surface area contributed by atoms with Gasteiger partial charge in [-0.3, -0.25) is 0 Å². The van der Waals surface area contributed by atoms with Crippen LogP contribution < -0.4 is 0 Å². The molecule has 0 aliphatic heterocycles. The highest BCUT2D eigenvalue weighted by molar-refractivity contribution is 14.1. The van der Waals surface area contributed by atoms with Crippen molar-refractivity contribution < 1.29 is 9.16 Å². The SMILES string of the molecule is C/C=C\C(CCCCCCC)O[C@H](O[Si](C)(C)C(C)(C)C)[C@H](I)CCCCCCCC. The van der Waals surface area contributed by atoms with Gasteiger partial charge in [-0.2, -0.15) is 0 Å². The average molecular weight is 567 g/mol. The third-order valence-corrected chi connectivity index (χ3v) is 12.3. The maximum absolute atomic E-state index is 6.86. The van der Waals surface area contributed by atoms with Crippen LogP contribution in [0, 0.1) is 0 Å². The van der Waals surface area contributed by atoms with Crippen LogP contribution in [0.5, 0.6) is 0 Å². The lowest BCUT2D eigenvalue weighted by molar-refractivity contribution is -0.112. The van der Waals surface area contributed by atoms with Crippen molar-refractivity contribution in [1.82, 2.24) is 0 Å². The van der Waals surface area contributed by atoms with Gasteiger partial charge in [0.2, 0.25) is 0 Å². The summed E-state index contributed by atoms with van der Waals surface area (Å²) >= 11 is 2.61. The normalized spacial score (nSPS) is 16.0. The van der Waals surface area contributed by atoms with E-state index < -0.39 is 8.32 Å². The Balaban J connectivity index is 5.00. The highest BCUT2D eigenvalue weighted by Crippen LogP contribution is 2.39. The molecule has 0 amide bonds. The number of ether oxygens (including phenoxy) is 1. The Morgan fingerprint density at radius 3 is 1.77 bits per heavy atom. The molecule has 0 aromatic heterocycles. The molecule has 186 valence electrons. The first-order valence-electron chi connectivity index (χ1n) is 13.2. The van der Waals surface area contributed by atoms with Gasteiger partial charge in [-0.1, -0.05) is 140 Å². The van der Waals surface area contributed by atoms with Gasteiger partial charge in [0.15, 0.2) is 14.6 Å². The molecule has 0 fully saturated rings. The second kappa shape index (κ2) is 18.0. The number of halogens is 1. The van der Waals surface area contributed by atoms with Gasteiger partial charge >= 0.3 is 0 Å². The van der Waals surface area contributed by atoms with Gasteiger partial charge in [-0.15, -0.1) is 0 Å². The van der Waals surface area contributed by atoms with Crippen molar-refractivity contribution in [2.75, 3.05) is 0 Å². The van der Waals surface area contributed by atoms with Gasteiger partial charge in [-0.25, -0.2) is 0 Å². The minimum atomic E-state index is -1.89. The fraction of sp³-hybridized carbons (Fsp3) is 0.926. The van der Waals surface area contributed by atoms with E-state index in [9.17, 15) is 0 Å². The van der Waals surface area contributed by atoms with Crippen LogP contribution >= 0.6 is 22.6 Å². The highest BCUT2D eigenvalue weighted by Gasteiger charge is 2.41. The summed E-state index contributed by atoms with van der Waals surface area (Å²) in [4.78, 5) is 0. The molecule has 0 rings (SSSR count). The summed E-state index contributed by atoms with van der Waals surface area (Å²) in [5.74, 6) is 0. The summed E-state index contributed by atoms with van der Waals surface area (Å²) < 4.78 is 14.0. The van der Waals surface area contributed by atoms with Crippen LogP contribution in [0.4, 0.5) is 0 Å². The van der Waals surface area contributed by atoms with Crippen molar-refractivity contribution in [2.24, 2.45) is 0 Å². The number of rotatable bonds is 19. The summed E-state index contributed by atoms with van der Waals surface area (Å²) in [7, 11) is -1.89. The van der Waals surface area contributed by atoms with E-state index in [1.807, 2.05) is 0 Å². The number of alkyl halides is 1. The molecule has 0 aliphatic rings. The third kappa shape index (κ3) is 15.2. The number of unbranched alkanes of at least 4 members (excludes halogenated alkanes) is 9. The van der Waals surface area contributed by atoms with E-state index in [2.05, 4.69) is 89.4 Å². The van der Waals surface area contributed by atoms with E-state index in [0.717, 1.165) is 6.42 Å². The first kappa shape index (κ1) is 31.6.